The van der Waals surface area contributed by atoms with Crippen LogP contribution < -0.4 is 4.90 Å². The summed E-state index contributed by atoms with van der Waals surface area (Å²) in [5.74, 6) is -1.09. The molecule has 3 aromatic rings. The largest absolute Gasteiger partial charge is 0.371 e. The Hall–Kier alpha value is -3.30. The highest BCUT2D eigenvalue weighted by molar-refractivity contribution is 6.30. The topological polar surface area (TPSA) is 74.6 Å². The summed E-state index contributed by atoms with van der Waals surface area (Å²) in [4.78, 5) is 33.2. The molecule has 3 heterocycles. The van der Waals surface area contributed by atoms with Crippen molar-refractivity contribution in [1.82, 2.24) is 24.8 Å². The van der Waals surface area contributed by atoms with Crippen molar-refractivity contribution in [2.75, 3.05) is 38.6 Å². The van der Waals surface area contributed by atoms with Crippen LogP contribution in [0.4, 0.5) is 10.1 Å². The number of hydrogen-bond acceptors (Lipinski definition) is 6. The Morgan fingerprint density at radius 1 is 1.08 bits per heavy atom. The fourth-order valence-corrected chi connectivity index (χ4v) is 5.79. The third kappa shape index (κ3) is 4.80. The average Bonchev–Trinajstić information content (AvgIpc) is 3.43. The first kappa shape index (κ1) is 26.3. The molecule has 0 radical (unpaired) electrons. The Kier molecular flexibility index (Phi) is 7.49. The van der Waals surface area contributed by atoms with E-state index in [0.29, 0.717) is 25.4 Å². The summed E-state index contributed by atoms with van der Waals surface area (Å²) in [5, 5.41) is 7.93. The van der Waals surface area contributed by atoms with E-state index in [1.54, 1.807) is 11.0 Å². The van der Waals surface area contributed by atoms with Crippen molar-refractivity contribution >= 4 is 29.0 Å². The van der Waals surface area contributed by atoms with Gasteiger partial charge in [0.15, 0.2) is 17.3 Å². The predicted molar refractivity (Wildman–Crippen MR) is 144 cm³/mol. The molecule has 0 bridgehead atoms. The summed E-state index contributed by atoms with van der Waals surface area (Å²) in [6, 6.07) is 10.5. The number of halogens is 2. The first-order chi connectivity index (χ1) is 18.3. The van der Waals surface area contributed by atoms with Crippen molar-refractivity contribution in [2.24, 2.45) is 0 Å². The minimum Gasteiger partial charge on any atom is -0.371 e. The molecule has 1 atom stereocenters. The molecule has 1 saturated heterocycles. The lowest BCUT2D eigenvalue weighted by Crippen LogP contribution is -2.45. The number of anilines is 1. The summed E-state index contributed by atoms with van der Waals surface area (Å²) < 4.78 is 15.7. The number of amides is 1. The molecule has 200 valence electrons. The van der Waals surface area contributed by atoms with Crippen LogP contribution in [0.5, 0.6) is 0 Å². The Bertz CT molecular complexity index is 1350. The van der Waals surface area contributed by atoms with E-state index in [1.807, 2.05) is 19.1 Å². The summed E-state index contributed by atoms with van der Waals surface area (Å²) >= 11 is 5.91. The molecule has 0 aliphatic carbocycles. The van der Waals surface area contributed by atoms with E-state index in [0.717, 1.165) is 42.7 Å². The SMILES string of the molecule is CCC(=O)C1c2cccc(N3CCC(N(C)C)CC3)c2CCN1C(=O)c1cn(-c2cccc(Cl)c2F)nn1. The standard InChI is InChI=1S/C28H32ClFN6O2/c1-4-25(37)27-20-7-5-9-23(34-14-11-18(12-15-34)33(2)3)19(20)13-16-35(27)28(38)22-17-36(32-31-22)24-10-6-8-21(29)26(24)30/h5-10,17-18,27H,4,11-16H2,1-3H3. The van der Waals surface area contributed by atoms with E-state index in [4.69, 9.17) is 11.6 Å². The second kappa shape index (κ2) is 10.8. The average molecular weight is 539 g/mol. The number of ketones is 1. The highest BCUT2D eigenvalue weighted by Crippen LogP contribution is 2.38. The van der Waals surface area contributed by atoms with Crippen molar-refractivity contribution in [3.63, 3.8) is 0 Å². The molecule has 1 aromatic heterocycles. The molecular weight excluding hydrogens is 507 g/mol. The van der Waals surface area contributed by atoms with Gasteiger partial charge >= 0.3 is 0 Å². The number of fused-ring (bicyclic) bond motifs is 1. The van der Waals surface area contributed by atoms with Crippen LogP contribution in [0.15, 0.2) is 42.6 Å². The van der Waals surface area contributed by atoms with E-state index in [2.05, 4.69) is 40.3 Å². The number of carbonyl (C=O) groups excluding carboxylic acids is 2. The van der Waals surface area contributed by atoms with Crippen molar-refractivity contribution in [2.45, 2.75) is 44.7 Å². The van der Waals surface area contributed by atoms with E-state index >= 15 is 0 Å². The Labute approximate surface area is 227 Å². The van der Waals surface area contributed by atoms with Crippen molar-refractivity contribution < 1.29 is 14.0 Å². The van der Waals surface area contributed by atoms with Crippen molar-refractivity contribution in [1.29, 1.82) is 0 Å². The number of nitrogens with zero attached hydrogens (tertiary/aromatic N) is 6. The van der Waals surface area contributed by atoms with Crippen molar-refractivity contribution in [3.05, 3.63) is 70.3 Å². The van der Waals surface area contributed by atoms with Crippen LogP contribution in [0, 0.1) is 5.82 Å². The van der Waals surface area contributed by atoms with Crippen LogP contribution in [-0.4, -0.2) is 76.3 Å². The van der Waals surface area contributed by atoms with Crippen LogP contribution in [0.1, 0.15) is 53.8 Å². The van der Waals surface area contributed by atoms with Crippen molar-refractivity contribution in [3.8, 4) is 5.69 Å². The summed E-state index contributed by atoms with van der Waals surface area (Å²) in [6.07, 6.45) is 4.48. The van der Waals surface area contributed by atoms with Gasteiger partial charge in [-0.3, -0.25) is 9.59 Å². The molecule has 1 unspecified atom stereocenters. The molecule has 0 spiro atoms. The van der Waals surface area contributed by atoms with Crippen LogP contribution in [-0.2, 0) is 11.2 Å². The monoisotopic (exact) mass is 538 g/mol. The third-order valence-corrected chi connectivity index (χ3v) is 8.03. The van der Waals surface area contributed by atoms with Gasteiger partial charge in [0, 0.05) is 37.8 Å². The molecule has 1 fully saturated rings. The highest BCUT2D eigenvalue weighted by Gasteiger charge is 2.38. The lowest BCUT2D eigenvalue weighted by atomic mass is 9.87. The van der Waals surface area contributed by atoms with Gasteiger partial charge in [0.2, 0.25) is 0 Å². The van der Waals surface area contributed by atoms with Crippen LogP contribution in [0.2, 0.25) is 5.02 Å². The number of piperidine rings is 1. The second-order valence-corrected chi connectivity index (χ2v) is 10.5. The normalized spacial score (nSPS) is 18.1. The van der Waals surface area contributed by atoms with Crippen LogP contribution in [0.25, 0.3) is 5.69 Å². The minimum absolute atomic E-state index is 0.0314. The number of carbonyl (C=O) groups is 2. The minimum atomic E-state index is -0.705. The molecule has 1 amide bonds. The number of hydrogen-bond donors (Lipinski definition) is 0. The fraction of sp³-hybridized carbons (Fsp3) is 0.429. The Balaban J connectivity index is 1.44. The van der Waals surface area contributed by atoms with Gasteiger partial charge in [0.05, 0.1) is 11.2 Å². The lowest BCUT2D eigenvalue weighted by Gasteiger charge is -2.41. The number of benzene rings is 2. The maximum atomic E-state index is 14.5. The van der Waals surface area contributed by atoms with Crippen LogP contribution >= 0.6 is 11.6 Å². The zero-order valence-corrected chi connectivity index (χ0v) is 22.7. The number of rotatable bonds is 6. The second-order valence-electron chi connectivity index (χ2n) is 10.1. The fourth-order valence-electron chi connectivity index (χ4n) is 5.62. The molecule has 2 aliphatic rings. The van der Waals surface area contributed by atoms with Gasteiger partial charge < -0.3 is 14.7 Å². The van der Waals surface area contributed by atoms with Gasteiger partial charge in [0.25, 0.3) is 5.91 Å². The zero-order chi connectivity index (χ0) is 27.0. The van der Waals surface area contributed by atoms with E-state index < -0.39 is 17.8 Å². The van der Waals surface area contributed by atoms with Gasteiger partial charge in [0.1, 0.15) is 11.7 Å². The summed E-state index contributed by atoms with van der Waals surface area (Å²) in [5.41, 5.74) is 3.30. The molecule has 38 heavy (non-hydrogen) atoms. The molecule has 2 aromatic carbocycles. The predicted octanol–water partition coefficient (Wildman–Crippen LogP) is 4.31. The molecule has 8 nitrogen and oxygen atoms in total. The van der Waals surface area contributed by atoms with Gasteiger partial charge in [-0.15, -0.1) is 5.10 Å². The molecule has 0 saturated carbocycles. The van der Waals surface area contributed by atoms with Gasteiger partial charge in [-0.1, -0.05) is 41.9 Å². The van der Waals surface area contributed by atoms with E-state index in [1.165, 1.54) is 23.0 Å². The molecule has 2 aliphatic heterocycles. The van der Waals surface area contributed by atoms with Gasteiger partial charge in [-0.25, -0.2) is 9.07 Å². The Morgan fingerprint density at radius 2 is 1.79 bits per heavy atom. The smallest absolute Gasteiger partial charge is 0.276 e. The van der Waals surface area contributed by atoms with Gasteiger partial charge in [-0.05, 0) is 62.7 Å². The molecule has 5 rings (SSSR count). The summed E-state index contributed by atoms with van der Waals surface area (Å²) in [7, 11) is 4.25. The van der Waals surface area contributed by atoms with E-state index in [-0.39, 0.29) is 22.2 Å². The van der Waals surface area contributed by atoms with E-state index in [9.17, 15) is 14.0 Å². The first-order valence-corrected chi connectivity index (χ1v) is 13.4. The summed E-state index contributed by atoms with van der Waals surface area (Å²) in [6.45, 7) is 4.11. The van der Waals surface area contributed by atoms with Crippen LogP contribution in [0.3, 0.4) is 0 Å². The maximum absolute atomic E-state index is 14.5. The molecule has 10 heteroatoms. The maximum Gasteiger partial charge on any atom is 0.276 e. The third-order valence-electron chi connectivity index (χ3n) is 7.74. The molecular formula is C28H32ClFN6O2. The number of aromatic nitrogens is 3. The number of Topliss-reactive ketones (excluding diaryl/α,β-unsaturated/α-hetero) is 1. The quantitative estimate of drug-likeness (QED) is 0.465. The molecule has 0 N–H and O–H groups in total. The highest BCUT2D eigenvalue weighted by atomic mass is 35.5. The lowest BCUT2D eigenvalue weighted by molar-refractivity contribution is -0.123. The zero-order valence-electron chi connectivity index (χ0n) is 21.9. The first-order valence-electron chi connectivity index (χ1n) is 13.0. The Morgan fingerprint density at radius 3 is 2.50 bits per heavy atom. The van der Waals surface area contributed by atoms with Gasteiger partial charge in [-0.2, -0.15) is 0 Å².